The molecule has 0 aliphatic rings. The standard InChI is InChI=1S/C27H42N4O7/c1-9-27(6,7)31(24(35)19(14-15-20(28)32)30-25(36)38-26(3,4)5)22(18-12-10-17(2)11-13-18)23(34)29-16-21(33)37-8/h10-13,19,22H,9,14-16H2,1-8H3,(H2,28,32)(H,29,34)(H,30,36). The summed E-state index contributed by atoms with van der Waals surface area (Å²) in [6, 6.07) is 4.68. The number of rotatable bonds is 12. The van der Waals surface area contributed by atoms with Crippen LogP contribution in [0.4, 0.5) is 4.79 Å². The van der Waals surface area contributed by atoms with Crippen LogP contribution >= 0.6 is 0 Å². The number of aryl methyl sites for hydroxylation is 1. The number of amides is 4. The average Bonchev–Trinajstić information content (AvgIpc) is 2.82. The second kappa shape index (κ2) is 13.8. The molecule has 1 aromatic rings. The minimum Gasteiger partial charge on any atom is -0.468 e. The van der Waals surface area contributed by atoms with Crippen LogP contribution in [0.1, 0.15) is 78.0 Å². The Kier molecular flexibility index (Phi) is 11.8. The van der Waals surface area contributed by atoms with Crippen LogP contribution in [0.3, 0.4) is 0 Å². The maximum Gasteiger partial charge on any atom is 0.408 e. The first-order valence-electron chi connectivity index (χ1n) is 12.5. The van der Waals surface area contributed by atoms with Crippen LogP contribution in [0.2, 0.25) is 0 Å². The first-order chi connectivity index (χ1) is 17.5. The number of nitrogens with zero attached hydrogens (tertiary/aromatic N) is 1. The third-order valence-corrected chi connectivity index (χ3v) is 5.96. The molecule has 1 aromatic carbocycles. The lowest BCUT2D eigenvalue weighted by atomic mass is 9.91. The Hall–Kier alpha value is -3.63. The number of benzene rings is 1. The van der Waals surface area contributed by atoms with E-state index in [0.29, 0.717) is 12.0 Å². The van der Waals surface area contributed by atoms with Crippen LogP contribution < -0.4 is 16.4 Å². The molecule has 0 heterocycles. The lowest BCUT2D eigenvalue weighted by Crippen LogP contribution is -2.59. The van der Waals surface area contributed by atoms with Crippen molar-refractivity contribution < 1.29 is 33.4 Å². The normalized spacial score (nSPS) is 13.1. The third-order valence-electron chi connectivity index (χ3n) is 5.96. The number of carbonyl (C=O) groups is 5. The highest BCUT2D eigenvalue weighted by Gasteiger charge is 2.43. The Labute approximate surface area is 224 Å². The van der Waals surface area contributed by atoms with Gasteiger partial charge in [0.05, 0.1) is 7.11 Å². The minimum absolute atomic E-state index is 0.103. The second-order valence-corrected chi connectivity index (χ2v) is 10.7. The summed E-state index contributed by atoms with van der Waals surface area (Å²) < 4.78 is 9.97. The summed E-state index contributed by atoms with van der Waals surface area (Å²) in [7, 11) is 1.20. The van der Waals surface area contributed by atoms with Gasteiger partial charge in [0.25, 0.3) is 0 Å². The molecule has 0 saturated carbocycles. The van der Waals surface area contributed by atoms with Crippen molar-refractivity contribution in [3.63, 3.8) is 0 Å². The van der Waals surface area contributed by atoms with Gasteiger partial charge < -0.3 is 30.7 Å². The molecular formula is C27H42N4O7. The Bertz CT molecular complexity index is 1000. The van der Waals surface area contributed by atoms with Gasteiger partial charge in [-0.3, -0.25) is 19.2 Å². The van der Waals surface area contributed by atoms with Gasteiger partial charge in [0.1, 0.15) is 24.2 Å². The van der Waals surface area contributed by atoms with E-state index in [9.17, 15) is 24.0 Å². The van der Waals surface area contributed by atoms with Crippen molar-refractivity contribution in [2.24, 2.45) is 5.73 Å². The zero-order chi connectivity index (χ0) is 29.3. The highest BCUT2D eigenvalue weighted by molar-refractivity contribution is 5.94. The summed E-state index contributed by atoms with van der Waals surface area (Å²) in [6.45, 7) is 12.0. The molecule has 0 aliphatic heterocycles. The quantitative estimate of drug-likeness (QED) is 0.348. The average molecular weight is 535 g/mol. The smallest absolute Gasteiger partial charge is 0.408 e. The summed E-state index contributed by atoms with van der Waals surface area (Å²) in [5.41, 5.74) is 5.06. The summed E-state index contributed by atoms with van der Waals surface area (Å²) in [5, 5.41) is 5.10. The molecule has 0 aliphatic carbocycles. The Morgan fingerprint density at radius 3 is 2.08 bits per heavy atom. The van der Waals surface area contributed by atoms with Gasteiger partial charge in [-0.25, -0.2) is 4.79 Å². The lowest BCUT2D eigenvalue weighted by molar-refractivity contribution is -0.150. The van der Waals surface area contributed by atoms with Crippen molar-refractivity contribution in [2.45, 2.75) is 91.0 Å². The molecule has 4 amide bonds. The molecule has 1 rings (SSSR count). The summed E-state index contributed by atoms with van der Waals surface area (Å²) in [4.78, 5) is 65.1. The van der Waals surface area contributed by atoms with Gasteiger partial charge >= 0.3 is 12.1 Å². The predicted molar refractivity (Wildman–Crippen MR) is 142 cm³/mol. The molecule has 4 N–H and O–H groups in total. The largest absolute Gasteiger partial charge is 0.468 e. The molecule has 0 saturated heterocycles. The number of methoxy groups -OCH3 is 1. The fourth-order valence-electron chi connectivity index (χ4n) is 3.60. The van der Waals surface area contributed by atoms with E-state index >= 15 is 0 Å². The number of alkyl carbamates (subject to hydrolysis) is 1. The van der Waals surface area contributed by atoms with Crippen LogP contribution in [0.25, 0.3) is 0 Å². The van der Waals surface area contributed by atoms with Crippen LogP contribution in [-0.2, 0) is 28.7 Å². The molecule has 0 bridgehead atoms. The topological polar surface area (TPSA) is 157 Å². The van der Waals surface area contributed by atoms with Crippen molar-refractivity contribution >= 4 is 29.8 Å². The van der Waals surface area contributed by atoms with Gasteiger partial charge in [-0.1, -0.05) is 36.8 Å². The molecule has 2 atom stereocenters. The molecule has 11 heteroatoms. The van der Waals surface area contributed by atoms with Crippen LogP contribution in [0, 0.1) is 6.92 Å². The second-order valence-electron chi connectivity index (χ2n) is 10.7. The molecule has 38 heavy (non-hydrogen) atoms. The molecule has 0 radical (unpaired) electrons. The summed E-state index contributed by atoms with van der Waals surface area (Å²) in [5.74, 6) is -2.52. The van der Waals surface area contributed by atoms with Crippen molar-refractivity contribution in [3.05, 3.63) is 35.4 Å². The number of carbonyl (C=O) groups excluding carboxylic acids is 5. The van der Waals surface area contributed by atoms with Crippen LogP contribution in [0.15, 0.2) is 24.3 Å². The molecule has 11 nitrogen and oxygen atoms in total. The summed E-state index contributed by atoms with van der Waals surface area (Å²) >= 11 is 0. The fourth-order valence-corrected chi connectivity index (χ4v) is 3.60. The van der Waals surface area contributed by atoms with E-state index in [0.717, 1.165) is 5.56 Å². The van der Waals surface area contributed by atoms with E-state index in [1.54, 1.807) is 58.9 Å². The molecule has 0 fully saturated rings. The Morgan fingerprint density at radius 1 is 1.03 bits per heavy atom. The Balaban J connectivity index is 3.62. The molecule has 0 spiro atoms. The fraction of sp³-hybridized carbons (Fsp3) is 0.593. The van der Waals surface area contributed by atoms with E-state index in [4.69, 9.17) is 10.5 Å². The molecular weight excluding hydrogens is 492 g/mol. The van der Waals surface area contributed by atoms with Gasteiger partial charge in [-0.2, -0.15) is 0 Å². The van der Waals surface area contributed by atoms with Gasteiger partial charge in [0.15, 0.2) is 0 Å². The van der Waals surface area contributed by atoms with E-state index in [2.05, 4.69) is 15.4 Å². The lowest BCUT2D eigenvalue weighted by Gasteiger charge is -2.44. The summed E-state index contributed by atoms with van der Waals surface area (Å²) in [6.07, 6.45) is -0.693. The minimum atomic E-state index is -1.22. The maximum absolute atomic E-state index is 14.2. The number of hydrogen-bond acceptors (Lipinski definition) is 7. The van der Waals surface area contributed by atoms with Crippen LogP contribution in [-0.4, -0.2) is 65.5 Å². The van der Waals surface area contributed by atoms with Crippen molar-refractivity contribution in [3.8, 4) is 0 Å². The zero-order valence-corrected chi connectivity index (χ0v) is 23.7. The highest BCUT2D eigenvalue weighted by atomic mass is 16.6. The van der Waals surface area contributed by atoms with Crippen molar-refractivity contribution in [1.29, 1.82) is 0 Å². The number of esters is 1. The van der Waals surface area contributed by atoms with E-state index in [-0.39, 0.29) is 12.8 Å². The van der Waals surface area contributed by atoms with Gasteiger partial charge in [-0.05, 0) is 59.9 Å². The van der Waals surface area contributed by atoms with Gasteiger partial charge in [0, 0.05) is 12.0 Å². The SMILES string of the molecule is CCC(C)(C)N(C(=O)C(CCC(N)=O)NC(=O)OC(C)(C)C)C(C(=O)NCC(=O)OC)c1ccc(C)cc1. The number of hydrogen-bond donors (Lipinski definition) is 3. The first kappa shape index (κ1) is 32.4. The predicted octanol–water partition coefficient (Wildman–Crippen LogP) is 2.50. The molecule has 212 valence electrons. The van der Waals surface area contributed by atoms with E-state index in [1.807, 2.05) is 13.8 Å². The zero-order valence-electron chi connectivity index (χ0n) is 23.7. The number of nitrogens with two attached hydrogens (primary N) is 1. The van der Waals surface area contributed by atoms with Crippen molar-refractivity contribution in [1.82, 2.24) is 15.5 Å². The monoisotopic (exact) mass is 534 g/mol. The van der Waals surface area contributed by atoms with Gasteiger partial charge in [-0.15, -0.1) is 0 Å². The van der Waals surface area contributed by atoms with E-state index < -0.39 is 59.6 Å². The van der Waals surface area contributed by atoms with Crippen LogP contribution in [0.5, 0.6) is 0 Å². The molecule has 2 unspecified atom stereocenters. The van der Waals surface area contributed by atoms with Gasteiger partial charge in [0.2, 0.25) is 17.7 Å². The number of nitrogens with one attached hydrogen (secondary N) is 2. The highest BCUT2D eigenvalue weighted by Crippen LogP contribution is 2.32. The van der Waals surface area contributed by atoms with E-state index in [1.165, 1.54) is 12.0 Å². The molecule has 0 aromatic heterocycles. The number of primary amides is 1. The first-order valence-corrected chi connectivity index (χ1v) is 12.5. The van der Waals surface area contributed by atoms with Crippen molar-refractivity contribution in [2.75, 3.05) is 13.7 Å². The Morgan fingerprint density at radius 2 is 1.61 bits per heavy atom. The third kappa shape index (κ3) is 10.0. The maximum atomic E-state index is 14.2. The number of ether oxygens (including phenoxy) is 2.